The van der Waals surface area contributed by atoms with Gasteiger partial charge in [0.15, 0.2) is 5.82 Å². The first-order chi connectivity index (χ1) is 9.60. The van der Waals surface area contributed by atoms with Gasteiger partial charge < -0.3 is 15.5 Å². The molecular formula is C14H18ClN5. The molecule has 2 rings (SSSR count). The maximum atomic E-state index is 6.12. The third kappa shape index (κ3) is 3.51. The molecule has 0 bridgehead atoms. The number of hydrogen-bond donors (Lipinski definition) is 2. The molecule has 2 aromatic rings. The van der Waals surface area contributed by atoms with Crippen molar-refractivity contribution in [3.05, 3.63) is 35.5 Å². The molecule has 0 saturated carbocycles. The SMILES string of the molecule is CCNc1ncc(Cl)c(Nc2cccc(N(C)C)c2)n1. The second-order valence-electron chi connectivity index (χ2n) is 4.49. The Bertz CT molecular complexity index is 586. The van der Waals surface area contributed by atoms with Gasteiger partial charge in [0.1, 0.15) is 5.02 Å². The van der Waals surface area contributed by atoms with Crippen LogP contribution in [0.25, 0.3) is 0 Å². The maximum Gasteiger partial charge on any atom is 0.224 e. The van der Waals surface area contributed by atoms with E-state index in [2.05, 4.69) is 20.6 Å². The van der Waals surface area contributed by atoms with E-state index in [9.17, 15) is 0 Å². The number of aromatic nitrogens is 2. The maximum absolute atomic E-state index is 6.12. The summed E-state index contributed by atoms with van der Waals surface area (Å²) < 4.78 is 0. The highest BCUT2D eigenvalue weighted by atomic mass is 35.5. The number of anilines is 4. The van der Waals surface area contributed by atoms with Crippen molar-refractivity contribution in [2.75, 3.05) is 36.2 Å². The second kappa shape index (κ2) is 6.43. The van der Waals surface area contributed by atoms with Crippen LogP contribution < -0.4 is 15.5 Å². The Morgan fingerprint density at radius 1 is 1.30 bits per heavy atom. The van der Waals surface area contributed by atoms with Crippen molar-refractivity contribution in [2.24, 2.45) is 0 Å². The molecule has 20 heavy (non-hydrogen) atoms. The van der Waals surface area contributed by atoms with Gasteiger partial charge >= 0.3 is 0 Å². The Morgan fingerprint density at radius 3 is 2.80 bits per heavy atom. The highest BCUT2D eigenvalue weighted by Gasteiger charge is 2.06. The van der Waals surface area contributed by atoms with Crippen LogP contribution in [0.1, 0.15) is 6.92 Å². The molecule has 6 heteroatoms. The summed E-state index contributed by atoms with van der Waals surface area (Å²) >= 11 is 6.12. The first kappa shape index (κ1) is 14.4. The summed E-state index contributed by atoms with van der Waals surface area (Å²) in [5.74, 6) is 1.15. The van der Waals surface area contributed by atoms with E-state index in [-0.39, 0.29) is 0 Å². The summed E-state index contributed by atoms with van der Waals surface area (Å²) in [5, 5.41) is 6.77. The predicted molar refractivity (Wildman–Crippen MR) is 85.3 cm³/mol. The first-order valence-corrected chi connectivity index (χ1v) is 6.78. The summed E-state index contributed by atoms with van der Waals surface area (Å²) in [6.45, 7) is 2.75. The third-order valence-electron chi connectivity index (χ3n) is 2.70. The Kier molecular flexibility index (Phi) is 4.63. The summed E-state index contributed by atoms with van der Waals surface area (Å²) in [4.78, 5) is 10.5. The van der Waals surface area contributed by atoms with E-state index < -0.39 is 0 Å². The lowest BCUT2D eigenvalue weighted by Gasteiger charge is -2.14. The number of nitrogens with zero attached hydrogens (tertiary/aromatic N) is 3. The minimum Gasteiger partial charge on any atom is -0.378 e. The van der Waals surface area contributed by atoms with E-state index in [4.69, 9.17) is 11.6 Å². The Hall–Kier alpha value is -2.01. The number of benzene rings is 1. The Balaban J connectivity index is 2.24. The zero-order valence-electron chi connectivity index (χ0n) is 11.8. The van der Waals surface area contributed by atoms with Crippen molar-refractivity contribution in [1.29, 1.82) is 0 Å². The summed E-state index contributed by atoms with van der Waals surface area (Å²) in [5.41, 5.74) is 2.03. The molecule has 5 nitrogen and oxygen atoms in total. The fourth-order valence-electron chi connectivity index (χ4n) is 1.70. The van der Waals surface area contributed by atoms with Crippen LogP contribution in [0.5, 0.6) is 0 Å². The standard InChI is InChI=1S/C14H18ClN5/c1-4-16-14-17-9-12(15)13(19-14)18-10-6-5-7-11(8-10)20(2)3/h5-9H,4H2,1-3H3,(H2,16,17,18,19). The highest BCUT2D eigenvalue weighted by molar-refractivity contribution is 6.32. The fraction of sp³-hybridized carbons (Fsp3) is 0.286. The molecular weight excluding hydrogens is 274 g/mol. The van der Waals surface area contributed by atoms with Gasteiger partial charge in [-0.15, -0.1) is 0 Å². The van der Waals surface area contributed by atoms with Gasteiger partial charge in [-0.25, -0.2) is 4.98 Å². The third-order valence-corrected chi connectivity index (χ3v) is 2.98. The molecule has 1 heterocycles. The average Bonchev–Trinajstić information content (AvgIpc) is 2.43. The molecule has 0 aliphatic rings. The fourth-order valence-corrected chi connectivity index (χ4v) is 1.83. The van der Waals surface area contributed by atoms with Crippen molar-refractivity contribution in [3.8, 4) is 0 Å². The lowest BCUT2D eigenvalue weighted by molar-refractivity contribution is 1.09. The molecule has 0 fully saturated rings. The van der Waals surface area contributed by atoms with Crippen LogP contribution in [-0.2, 0) is 0 Å². The molecule has 0 amide bonds. The smallest absolute Gasteiger partial charge is 0.224 e. The van der Waals surface area contributed by atoms with Gasteiger partial charge in [0.25, 0.3) is 0 Å². The molecule has 2 N–H and O–H groups in total. The van der Waals surface area contributed by atoms with Crippen LogP contribution in [0, 0.1) is 0 Å². The number of hydrogen-bond acceptors (Lipinski definition) is 5. The monoisotopic (exact) mass is 291 g/mol. The first-order valence-electron chi connectivity index (χ1n) is 6.41. The molecule has 0 atom stereocenters. The van der Waals surface area contributed by atoms with Crippen molar-refractivity contribution in [1.82, 2.24) is 9.97 Å². The molecule has 0 unspecified atom stereocenters. The average molecular weight is 292 g/mol. The van der Waals surface area contributed by atoms with Crippen LogP contribution in [0.4, 0.5) is 23.1 Å². The number of nitrogens with one attached hydrogen (secondary N) is 2. The van der Waals surface area contributed by atoms with Gasteiger partial charge in [0, 0.05) is 32.0 Å². The van der Waals surface area contributed by atoms with Gasteiger partial charge in [-0.05, 0) is 25.1 Å². The van der Waals surface area contributed by atoms with Crippen molar-refractivity contribution < 1.29 is 0 Å². The van der Waals surface area contributed by atoms with E-state index in [1.54, 1.807) is 6.20 Å². The van der Waals surface area contributed by atoms with Crippen molar-refractivity contribution >= 4 is 34.7 Å². The van der Waals surface area contributed by atoms with Crippen molar-refractivity contribution in [3.63, 3.8) is 0 Å². The predicted octanol–water partition coefficient (Wildman–Crippen LogP) is 3.37. The topological polar surface area (TPSA) is 53.1 Å². The van der Waals surface area contributed by atoms with Crippen LogP contribution in [-0.4, -0.2) is 30.6 Å². The van der Waals surface area contributed by atoms with Crippen LogP contribution in [0.2, 0.25) is 5.02 Å². The molecule has 106 valence electrons. The van der Waals surface area contributed by atoms with Gasteiger partial charge in [-0.3, -0.25) is 0 Å². The van der Waals surface area contributed by atoms with E-state index >= 15 is 0 Å². The lowest BCUT2D eigenvalue weighted by atomic mass is 10.2. The molecule has 0 radical (unpaired) electrons. The van der Waals surface area contributed by atoms with E-state index in [0.717, 1.165) is 17.9 Å². The zero-order valence-corrected chi connectivity index (χ0v) is 12.6. The van der Waals surface area contributed by atoms with Gasteiger partial charge in [0.2, 0.25) is 5.95 Å². The molecule has 0 spiro atoms. The van der Waals surface area contributed by atoms with Crippen molar-refractivity contribution in [2.45, 2.75) is 6.92 Å². The minimum atomic E-state index is 0.488. The minimum absolute atomic E-state index is 0.488. The van der Waals surface area contributed by atoms with E-state index in [1.807, 2.05) is 50.2 Å². The van der Waals surface area contributed by atoms with Gasteiger partial charge in [-0.2, -0.15) is 4.98 Å². The largest absolute Gasteiger partial charge is 0.378 e. The molecule has 0 saturated heterocycles. The lowest BCUT2D eigenvalue weighted by Crippen LogP contribution is -2.09. The summed E-state index contributed by atoms with van der Waals surface area (Å²) in [6, 6.07) is 8.03. The van der Waals surface area contributed by atoms with Gasteiger partial charge in [0.05, 0.1) is 6.20 Å². The molecule has 0 aliphatic heterocycles. The normalized spacial score (nSPS) is 10.2. The quantitative estimate of drug-likeness (QED) is 0.884. The van der Waals surface area contributed by atoms with Crippen LogP contribution in [0.15, 0.2) is 30.5 Å². The number of rotatable bonds is 5. The molecule has 1 aromatic carbocycles. The van der Waals surface area contributed by atoms with E-state index in [0.29, 0.717) is 16.8 Å². The number of halogens is 1. The Labute approximate surface area is 124 Å². The molecule has 1 aromatic heterocycles. The van der Waals surface area contributed by atoms with E-state index in [1.165, 1.54) is 0 Å². The zero-order chi connectivity index (χ0) is 14.5. The summed E-state index contributed by atoms with van der Waals surface area (Å²) in [7, 11) is 4.00. The van der Waals surface area contributed by atoms with Crippen LogP contribution >= 0.6 is 11.6 Å². The molecule has 0 aliphatic carbocycles. The second-order valence-corrected chi connectivity index (χ2v) is 4.90. The van der Waals surface area contributed by atoms with Gasteiger partial charge in [-0.1, -0.05) is 17.7 Å². The highest BCUT2D eigenvalue weighted by Crippen LogP contribution is 2.25. The van der Waals surface area contributed by atoms with Crippen LogP contribution in [0.3, 0.4) is 0 Å². The Morgan fingerprint density at radius 2 is 2.10 bits per heavy atom. The summed E-state index contributed by atoms with van der Waals surface area (Å²) in [6.07, 6.45) is 1.59.